The van der Waals surface area contributed by atoms with Gasteiger partial charge in [0.25, 0.3) is 0 Å². The van der Waals surface area contributed by atoms with E-state index in [1.54, 1.807) is 6.07 Å². The van der Waals surface area contributed by atoms with Crippen LogP contribution in [-0.4, -0.2) is 70.8 Å². The molecule has 0 amide bonds. The summed E-state index contributed by atoms with van der Waals surface area (Å²) in [4.78, 5) is 0. The van der Waals surface area contributed by atoms with E-state index in [2.05, 4.69) is 31.2 Å². The molecule has 0 aromatic heterocycles. The van der Waals surface area contributed by atoms with Crippen LogP contribution in [0.25, 0.3) is 0 Å². The molecule has 4 rings (SSSR count). The second kappa shape index (κ2) is 10.8. The van der Waals surface area contributed by atoms with Gasteiger partial charge in [-0.3, -0.25) is 0 Å². The molecule has 0 radical (unpaired) electrons. The molecule has 2 aromatic rings. The molecule has 2 aliphatic heterocycles. The molecule has 2 aromatic carbocycles. The SMILES string of the molecule is CCc1ccc(Cc2cc([C@@H]3O[C@H](CO)[C@@H](O)[C@H](O)[C@H]3O)c(COC[C@H]3CO3)cc2Cl)cc1. The van der Waals surface area contributed by atoms with Crippen molar-refractivity contribution in [3.05, 3.63) is 69.2 Å². The van der Waals surface area contributed by atoms with E-state index in [1.165, 1.54) is 5.56 Å². The summed E-state index contributed by atoms with van der Waals surface area (Å²) in [5.74, 6) is 0. The Morgan fingerprint density at radius 2 is 1.70 bits per heavy atom. The lowest BCUT2D eigenvalue weighted by Gasteiger charge is -2.41. The lowest BCUT2D eigenvalue weighted by Crippen LogP contribution is -2.55. The van der Waals surface area contributed by atoms with Crippen LogP contribution >= 0.6 is 11.6 Å². The predicted molar refractivity (Wildman–Crippen MR) is 122 cm³/mol. The number of halogens is 1. The van der Waals surface area contributed by atoms with Gasteiger partial charge in [0.15, 0.2) is 0 Å². The van der Waals surface area contributed by atoms with Crippen LogP contribution in [0, 0.1) is 0 Å². The molecule has 2 aliphatic rings. The second-order valence-electron chi connectivity index (χ2n) is 8.71. The van der Waals surface area contributed by atoms with Crippen molar-refractivity contribution in [2.75, 3.05) is 19.8 Å². The van der Waals surface area contributed by atoms with Crippen molar-refractivity contribution in [2.45, 2.75) is 63.0 Å². The summed E-state index contributed by atoms with van der Waals surface area (Å²) in [5, 5.41) is 41.4. The first-order valence-electron chi connectivity index (χ1n) is 11.3. The van der Waals surface area contributed by atoms with Gasteiger partial charge in [-0.1, -0.05) is 48.9 Å². The highest BCUT2D eigenvalue weighted by atomic mass is 35.5. The predicted octanol–water partition coefficient (Wildman–Crippen LogP) is 1.92. The maximum Gasteiger partial charge on any atom is 0.113 e. The molecule has 2 saturated heterocycles. The number of epoxide rings is 1. The van der Waals surface area contributed by atoms with Crippen LogP contribution in [-0.2, 0) is 33.7 Å². The zero-order chi connectivity index (χ0) is 23.5. The van der Waals surface area contributed by atoms with Crippen molar-refractivity contribution in [2.24, 2.45) is 0 Å². The summed E-state index contributed by atoms with van der Waals surface area (Å²) in [6.45, 7) is 2.95. The summed E-state index contributed by atoms with van der Waals surface area (Å²) in [6, 6.07) is 12.0. The topological polar surface area (TPSA) is 112 Å². The van der Waals surface area contributed by atoms with Crippen molar-refractivity contribution in [1.29, 1.82) is 0 Å². The van der Waals surface area contributed by atoms with Gasteiger partial charge in [0.1, 0.15) is 36.6 Å². The highest BCUT2D eigenvalue weighted by molar-refractivity contribution is 6.31. The average Bonchev–Trinajstić information content (AvgIpc) is 3.64. The van der Waals surface area contributed by atoms with E-state index in [-0.39, 0.29) is 12.7 Å². The molecule has 0 aliphatic carbocycles. The number of aliphatic hydroxyl groups excluding tert-OH is 4. The Hall–Kier alpha value is -1.55. The summed E-state index contributed by atoms with van der Waals surface area (Å²) < 4.78 is 16.8. The zero-order valence-corrected chi connectivity index (χ0v) is 19.3. The minimum Gasteiger partial charge on any atom is -0.394 e. The molecular formula is C25H31ClO7. The molecule has 33 heavy (non-hydrogen) atoms. The van der Waals surface area contributed by atoms with Gasteiger partial charge in [0.05, 0.1) is 26.4 Å². The Kier molecular flexibility index (Phi) is 8.04. The minimum atomic E-state index is -1.46. The normalized spacial score (nSPS) is 29.3. The minimum absolute atomic E-state index is 0.0987. The number of ether oxygens (including phenoxy) is 3. The summed E-state index contributed by atoms with van der Waals surface area (Å²) in [6.07, 6.45) is -4.59. The maximum absolute atomic E-state index is 10.7. The molecule has 180 valence electrons. The van der Waals surface area contributed by atoms with Crippen LogP contribution in [0.4, 0.5) is 0 Å². The van der Waals surface area contributed by atoms with Crippen molar-refractivity contribution < 1.29 is 34.6 Å². The number of rotatable bonds is 9. The highest BCUT2D eigenvalue weighted by Crippen LogP contribution is 2.37. The van der Waals surface area contributed by atoms with Gasteiger partial charge in [-0.05, 0) is 46.7 Å². The van der Waals surface area contributed by atoms with Crippen LogP contribution in [0.2, 0.25) is 5.02 Å². The molecule has 8 heteroatoms. The first-order chi connectivity index (χ1) is 15.9. The standard InChI is InChI=1S/C25H31ClO7/c1-2-14-3-5-15(6-4-14)7-16-8-19(17(9-20(16)26)11-31-12-18-13-32-18)25-24(30)23(29)22(28)21(10-27)33-25/h3-6,8-9,18,21-25,27-30H,2,7,10-13H2,1H3/t18-,21+,22+,23-,24+,25-/m0/s1. The number of benzene rings is 2. The number of hydrogen-bond acceptors (Lipinski definition) is 7. The molecule has 2 heterocycles. The fourth-order valence-electron chi connectivity index (χ4n) is 4.14. The Morgan fingerprint density at radius 3 is 2.33 bits per heavy atom. The van der Waals surface area contributed by atoms with Gasteiger partial charge in [0.2, 0.25) is 0 Å². The third-order valence-electron chi connectivity index (χ3n) is 6.30. The van der Waals surface area contributed by atoms with Gasteiger partial charge < -0.3 is 34.6 Å². The van der Waals surface area contributed by atoms with Crippen LogP contribution < -0.4 is 0 Å². The first kappa shape index (κ1) is 24.6. The van der Waals surface area contributed by atoms with E-state index >= 15 is 0 Å². The third-order valence-corrected chi connectivity index (χ3v) is 6.65. The van der Waals surface area contributed by atoms with Crippen molar-refractivity contribution in [1.82, 2.24) is 0 Å². The van der Waals surface area contributed by atoms with E-state index in [0.717, 1.165) is 17.5 Å². The number of aliphatic hydroxyl groups is 4. The van der Waals surface area contributed by atoms with Gasteiger partial charge in [0, 0.05) is 5.02 Å². The Bertz CT molecular complexity index is 929. The van der Waals surface area contributed by atoms with Gasteiger partial charge >= 0.3 is 0 Å². The van der Waals surface area contributed by atoms with Crippen molar-refractivity contribution >= 4 is 11.6 Å². The molecule has 0 unspecified atom stereocenters. The maximum atomic E-state index is 10.7. The van der Waals surface area contributed by atoms with Crippen LogP contribution in [0.15, 0.2) is 36.4 Å². The summed E-state index contributed by atoms with van der Waals surface area (Å²) in [7, 11) is 0. The van der Waals surface area contributed by atoms with E-state index in [9.17, 15) is 20.4 Å². The summed E-state index contributed by atoms with van der Waals surface area (Å²) >= 11 is 6.63. The van der Waals surface area contributed by atoms with Gasteiger partial charge in [-0.2, -0.15) is 0 Å². The highest BCUT2D eigenvalue weighted by Gasteiger charge is 2.44. The Balaban J connectivity index is 1.65. The molecular weight excluding hydrogens is 448 g/mol. The molecule has 0 bridgehead atoms. The number of aryl methyl sites for hydroxylation is 1. The van der Waals surface area contributed by atoms with Crippen molar-refractivity contribution in [3.63, 3.8) is 0 Å². The van der Waals surface area contributed by atoms with E-state index in [4.69, 9.17) is 25.8 Å². The lowest BCUT2D eigenvalue weighted by atomic mass is 9.87. The average molecular weight is 479 g/mol. The molecule has 0 saturated carbocycles. The van der Waals surface area contributed by atoms with Gasteiger partial charge in [-0.15, -0.1) is 0 Å². The quantitative estimate of drug-likeness (QED) is 0.407. The molecule has 0 spiro atoms. The second-order valence-corrected chi connectivity index (χ2v) is 9.12. The van der Waals surface area contributed by atoms with Gasteiger partial charge in [-0.25, -0.2) is 0 Å². The van der Waals surface area contributed by atoms with Crippen LogP contribution in [0.1, 0.15) is 40.8 Å². The fourth-order valence-corrected chi connectivity index (χ4v) is 4.39. The smallest absolute Gasteiger partial charge is 0.113 e. The molecule has 7 nitrogen and oxygen atoms in total. The lowest BCUT2D eigenvalue weighted by molar-refractivity contribution is -0.232. The Labute approximate surface area is 198 Å². The van der Waals surface area contributed by atoms with Crippen LogP contribution in [0.3, 0.4) is 0 Å². The third kappa shape index (κ3) is 5.75. The fraction of sp³-hybridized carbons (Fsp3) is 0.520. The van der Waals surface area contributed by atoms with E-state index < -0.39 is 37.1 Å². The van der Waals surface area contributed by atoms with Crippen LogP contribution in [0.5, 0.6) is 0 Å². The largest absolute Gasteiger partial charge is 0.394 e. The van der Waals surface area contributed by atoms with Crippen molar-refractivity contribution in [3.8, 4) is 0 Å². The first-order valence-corrected chi connectivity index (χ1v) is 11.7. The summed E-state index contributed by atoms with van der Waals surface area (Å²) in [5.41, 5.74) is 4.48. The number of hydrogen-bond donors (Lipinski definition) is 4. The zero-order valence-electron chi connectivity index (χ0n) is 18.6. The molecule has 6 atom stereocenters. The molecule has 4 N–H and O–H groups in total. The molecule has 2 fully saturated rings. The van der Waals surface area contributed by atoms with E-state index in [1.807, 2.05) is 6.07 Å². The van der Waals surface area contributed by atoms with E-state index in [0.29, 0.717) is 35.8 Å². The monoisotopic (exact) mass is 478 g/mol. The Morgan fingerprint density at radius 1 is 1.00 bits per heavy atom.